The van der Waals surface area contributed by atoms with Gasteiger partial charge in [0.25, 0.3) is 11.8 Å². The van der Waals surface area contributed by atoms with Gasteiger partial charge in [0.2, 0.25) is 0 Å². The molecule has 29 heavy (non-hydrogen) atoms. The van der Waals surface area contributed by atoms with Crippen LogP contribution < -0.4 is 25.4 Å². The fraction of sp³-hybridized carbons (Fsp3) is 0.190. The highest BCUT2D eigenvalue weighted by molar-refractivity contribution is 5.95. The van der Waals surface area contributed by atoms with Gasteiger partial charge in [-0.05, 0) is 55.0 Å². The van der Waals surface area contributed by atoms with E-state index < -0.39 is 5.91 Å². The number of rotatable bonds is 11. The van der Waals surface area contributed by atoms with Gasteiger partial charge in [-0.25, -0.2) is 5.43 Å². The molecule has 152 valence electrons. The lowest BCUT2D eigenvalue weighted by atomic mass is 10.2. The van der Waals surface area contributed by atoms with Crippen molar-refractivity contribution in [2.24, 2.45) is 10.8 Å². The van der Waals surface area contributed by atoms with Crippen LogP contribution in [-0.4, -0.2) is 37.8 Å². The van der Waals surface area contributed by atoms with Crippen molar-refractivity contribution >= 4 is 18.0 Å². The van der Waals surface area contributed by atoms with Gasteiger partial charge in [0.15, 0.2) is 18.1 Å². The zero-order chi connectivity index (χ0) is 21.1. The molecule has 0 bridgehead atoms. The summed E-state index contributed by atoms with van der Waals surface area (Å²) in [5.41, 5.74) is 8.60. The first kappa shape index (κ1) is 21.5. The van der Waals surface area contributed by atoms with Crippen LogP contribution in [0.5, 0.6) is 17.2 Å². The Morgan fingerprint density at radius 2 is 1.86 bits per heavy atom. The van der Waals surface area contributed by atoms with E-state index in [2.05, 4.69) is 17.1 Å². The smallest absolute Gasteiger partial charge is 0.271 e. The molecule has 0 saturated carbocycles. The third-order valence-electron chi connectivity index (χ3n) is 3.50. The molecule has 0 aliphatic heterocycles. The molecule has 0 fully saturated rings. The van der Waals surface area contributed by atoms with Crippen molar-refractivity contribution in [3.63, 3.8) is 0 Å². The monoisotopic (exact) mass is 397 g/mol. The minimum atomic E-state index is -0.550. The highest BCUT2D eigenvalue weighted by atomic mass is 16.5. The zero-order valence-corrected chi connectivity index (χ0v) is 16.1. The zero-order valence-electron chi connectivity index (χ0n) is 16.1. The maximum Gasteiger partial charge on any atom is 0.271 e. The van der Waals surface area contributed by atoms with Gasteiger partial charge >= 0.3 is 0 Å². The van der Waals surface area contributed by atoms with Gasteiger partial charge in [0.1, 0.15) is 12.4 Å². The number of carbonyl (C=O) groups excluding carboxylic acids is 2. The molecule has 0 aromatic heterocycles. The van der Waals surface area contributed by atoms with Crippen molar-refractivity contribution in [2.45, 2.75) is 6.92 Å². The van der Waals surface area contributed by atoms with E-state index in [1.807, 2.05) is 6.92 Å². The molecule has 8 nitrogen and oxygen atoms in total. The van der Waals surface area contributed by atoms with Crippen LogP contribution in [0.2, 0.25) is 0 Å². The van der Waals surface area contributed by atoms with Crippen molar-refractivity contribution in [3.8, 4) is 17.2 Å². The number of hydrazone groups is 1. The van der Waals surface area contributed by atoms with Crippen LogP contribution in [0.1, 0.15) is 22.8 Å². The van der Waals surface area contributed by atoms with Gasteiger partial charge in [0.05, 0.1) is 12.8 Å². The van der Waals surface area contributed by atoms with E-state index in [0.717, 1.165) is 5.56 Å². The summed E-state index contributed by atoms with van der Waals surface area (Å²) in [6, 6.07) is 11.7. The Hall–Kier alpha value is -3.81. The Bertz CT molecular complexity index is 878. The van der Waals surface area contributed by atoms with E-state index >= 15 is 0 Å². The van der Waals surface area contributed by atoms with Crippen LogP contribution in [0, 0.1) is 0 Å². The lowest BCUT2D eigenvalue weighted by Gasteiger charge is -2.12. The second kappa shape index (κ2) is 11.1. The second-order valence-electron chi connectivity index (χ2n) is 5.72. The van der Waals surface area contributed by atoms with E-state index in [0.29, 0.717) is 36.0 Å². The number of ether oxygens (including phenoxy) is 3. The molecule has 0 heterocycles. The van der Waals surface area contributed by atoms with Gasteiger partial charge < -0.3 is 19.9 Å². The number of carbonyl (C=O) groups is 2. The first-order valence-electron chi connectivity index (χ1n) is 8.88. The molecule has 2 amide bonds. The minimum Gasteiger partial charge on any atom is -0.490 e. The molecule has 0 radical (unpaired) electrons. The third kappa shape index (κ3) is 7.02. The summed E-state index contributed by atoms with van der Waals surface area (Å²) in [4.78, 5) is 23.0. The summed E-state index contributed by atoms with van der Waals surface area (Å²) in [5.74, 6) is 0.570. The molecule has 2 rings (SSSR count). The molecule has 3 N–H and O–H groups in total. The number of amides is 2. The molecule has 0 aliphatic carbocycles. The maximum absolute atomic E-state index is 12.3. The van der Waals surface area contributed by atoms with Crippen molar-refractivity contribution in [3.05, 3.63) is 66.2 Å². The average Bonchev–Trinajstić information content (AvgIpc) is 2.72. The van der Waals surface area contributed by atoms with Gasteiger partial charge in [0, 0.05) is 5.56 Å². The van der Waals surface area contributed by atoms with Crippen molar-refractivity contribution < 1.29 is 23.8 Å². The first-order chi connectivity index (χ1) is 14.0. The molecule has 0 atom stereocenters. The Labute approximate surface area is 169 Å². The highest BCUT2D eigenvalue weighted by Crippen LogP contribution is 2.28. The van der Waals surface area contributed by atoms with Crippen LogP contribution in [0.3, 0.4) is 0 Å². The predicted octanol–water partition coefficient (Wildman–Crippen LogP) is 2.28. The normalized spacial score (nSPS) is 10.4. The van der Waals surface area contributed by atoms with E-state index in [1.54, 1.807) is 48.5 Å². The quantitative estimate of drug-likeness (QED) is 0.343. The molecule has 0 unspecified atom stereocenters. The SMILES string of the molecule is C=CCOc1ccc(C(=O)N/N=C/c2ccc(OCC(N)=O)cc2)cc1OCC. The number of nitrogens with two attached hydrogens (primary N) is 1. The number of nitrogens with one attached hydrogen (secondary N) is 1. The summed E-state index contributed by atoms with van der Waals surface area (Å²) in [6.07, 6.45) is 3.11. The van der Waals surface area contributed by atoms with Crippen LogP contribution in [-0.2, 0) is 4.79 Å². The van der Waals surface area contributed by atoms with Crippen molar-refractivity contribution in [2.75, 3.05) is 19.8 Å². The average molecular weight is 397 g/mol. The van der Waals surface area contributed by atoms with E-state index in [4.69, 9.17) is 19.9 Å². The molecule has 2 aromatic carbocycles. The van der Waals surface area contributed by atoms with Gasteiger partial charge in [-0.1, -0.05) is 12.7 Å². The van der Waals surface area contributed by atoms with E-state index in [1.165, 1.54) is 6.21 Å². The number of hydrogen-bond donors (Lipinski definition) is 2. The van der Waals surface area contributed by atoms with Gasteiger partial charge in [-0.15, -0.1) is 0 Å². The fourth-order valence-corrected chi connectivity index (χ4v) is 2.22. The van der Waals surface area contributed by atoms with Crippen LogP contribution in [0.15, 0.2) is 60.2 Å². The number of nitrogens with zero attached hydrogens (tertiary/aromatic N) is 1. The molecule has 2 aromatic rings. The van der Waals surface area contributed by atoms with Crippen LogP contribution in [0.4, 0.5) is 0 Å². The molecule has 0 saturated heterocycles. The van der Waals surface area contributed by atoms with E-state index in [-0.39, 0.29) is 12.5 Å². The summed E-state index contributed by atoms with van der Waals surface area (Å²) in [6.45, 7) is 6.03. The lowest BCUT2D eigenvalue weighted by Crippen LogP contribution is -2.20. The summed E-state index contributed by atoms with van der Waals surface area (Å²) >= 11 is 0. The summed E-state index contributed by atoms with van der Waals surface area (Å²) in [7, 11) is 0. The molecule has 0 aliphatic rings. The summed E-state index contributed by atoms with van der Waals surface area (Å²) in [5, 5.41) is 3.94. The van der Waals surface area contributed by atoms with Crippen molar-refractivity contribution in [1.29, 1.82) is 0 Å². The predicted molar refractivity (Wildman–Crippen MR) is 109 cm³/mol. The number of benzene rings is 2. The Kier molecular flexibility index (Phi) is 8.25. The third-order valence-corrected chi connectivity index (χ3v) is 3.50. The molecule has 0 spiro atoms. The molecule has 8 heteroatoms. The topological polar surface area (TPSA) is 112 Å². The number of hydrogen-bond acceptors (Lipinski definition) is 6. The summed E-state index contributed by atoms with van der Waals surface area (Å²) < 4.78 is 16.2. The largest absolute Gasteiger partial charge is 0.490 e. The maximum atomic E-state index is 12.3. The minimum absolute atomic E-state index is 0.190. The molecular weight excluding hydrogens is 374 g/mol. The molecular formula is C21H23N3O5. The Morgan fingerprint density at radius 3 is 2.52 bits per heavy atom. The Morgan fingerprint density at radius 1 is 1.10 bits per heavy atom. The Balaban J connectivity index is 1.98. The van der Waals surface area contributed by atoms with Gasteiger partial charge in [-0.2, -0.15) is 5.10 Å². The standard InChI is InChI=1S/C21H23N3O5/c1-3-11-28-18-10-7-16(12-19(18)27-4-2)21(26)24-23-13-15-5-8-17(9-6-15)29-14-20(22)25/h3,5-10,12-13H,1,4,11,14H2,2H3,(H2,22,25)(H,24,26)/b23-13+. The first-order valence-corrected chi connectivity index (χ1v) is 8.88. The fourth-order valence-electron chi connectivity index (χ4n) is 2.22. The highest BCUT2D eigenvalue weighted by Gasteiger charge is 2.11. The second-order valence-corrected chi connectivity index (χ2v) is 5.72. The van der Waals surface area contributed by atoms with Crippen LogP contribution >= 0.6 is 0 Å². The number of primary amides is 1. The van der Waals surface area contributed by atoms with E-state index in [9.17, 15) is 9.59 Å². The van der Waals surface area contributed by atoms with Crippen molar-refractivity contribution in [1.82, 2.24) is 5.43 Å². The van der Waals surface area contributed by atoms with Crippen LogP contribution in [0.25, 0.3) is 0 Å². The van der Waals surface area contributed by atoms with Gasteiger partial charge in [-0.3, -0.25) is 9.59 Å². The lowest BCUT2D eigenvalue weighted by molar-refractivity contribution is -0.119.